The Morgan fingerprint density at radius 3 is 2.41 bits per heavy atom. The highest BCUT2D eigenvalue weighted by atomic mass is 35.5. The summed E-state index contributed by atoms with van der Waals surface area (Å²) in [5.74, 6) is 0.149. The first-order chi connectivity index (χ1) is 15.2. The zero-order valence-corrected chi connectivity index (χ0v) is 19.9. The number of para-hydroxylation sites is 1. The van der Waals surface area contributed by atoms with Crippen molar-refractivity contribution < 1.29 is 17.9 Å². The van der Waals surface area contributed by atoms with Crippen molar-refractivity contribution in [3.8, 4) is 5.75 Å². The molecule has 0 bridgehead atoms. The highest BCUT2D eigenvalue weighted by Crippen LogP contribution is 2.28. The summed E-state index contributed by atoms with van der Waals surface area (Å²) >= 11 is 6.27. The van der Waals surface area contributed by atoms with Gasteiger partial charge in [-0.05, 0) is 66.9 Å². The molecule has 8 heteroatoms. The van der Waals surface area contributed by atoms with Crippen LogP contribution in [0, 0.1) is 6.92 Å². The Labute approximate surface area is 193 Å². The first kappa shape index (κ1) is 23.6. The smallest absolute Gasteiger partial charge is 0.264 e. The topological polar surface area (TPSA) is 75.7 Å². The number of anilines is 2. The summed E-state index contributed by atoms with van der Waals surface area (Å²) in [4.78, 5) is 13.0. The summed E-state index contributed by atoms with van der Waals surface area (Å²) in [7, 11) is -0.936. The van der Waals surface area contributed by atoms with Crippen LogP contribution in [0.2, 0.25) is 5.02 Å². The molecule has 1 N–H and O–H groups in total. The monoisotopic (exact) mass is 472 g/mol. The lowest BCUT2D eigenvalue weighted by atomic mass is 10.1. The second-order valence-corrected chi connectivity index (χ2v) is 9.61. The minimum absolute atomic E-state index is 0.0362. The molecule has 0 heterocycles. The van der Waals surface area contributed by atoms with Crippen LogP contribution in [0.15, 0.2) is 65.6 Å². The van der Waals surface area contributed by atoms with Gasteiger partial charge in [-0.3, -0.25) is 9.10 Å². The van der Waals surface area contributed by atoms with Crippen molar-refractivity contribution >= 4 is 38.9 Å². The number of nitrogens with zero attached hydrogens (tertiary/aromatic N) is 1. The lowest BCUT2D eigenvalue weighted by Gasteiger charge is -2.20. The van der Waals surface area contributed by atoms with E-state index in [1.807, 2.05) is 32.0 Å². The van der Waals surface area contributed by atoms with Crippen LogP contribution < -0.4 is 14.4 Å². The highest BCUT2D eigenvalue weighted by Gasteiger charge is 2.24. The number of nitrogens with one attached hydrogen (secondary N) is 1. The van der Waals surface area contributed by atoms with Crippen LogP contribution in [0.3, 0.4) is 0 Å². The molecule has 0 radical (unpaired) electrons. The molecule has 32 heavy (non-hydrogen) atoms. The minimum atomic E-state index is -3.92. The molecule has 0 spiro atoms. The van der Waals surface area contributed by atoms with Gasteiger partial charge < -0.3 is 10.1 Å². The summed E-state index contributed by atoms with van der Waals surface area (Å²) in [6.07, 6.45) is 0.742. The molecular weight excluding hydrogens is 448 g/mol. The van der Waals surface area contributed by atoms with Crippen molar-refractivity contribution in [1.29, 1.82) is 0 Å². The maximum atomic E-state index is 13.2. The number of hydrogen-bond donors (Lipinski definition) is 1. The van der Waals surface area contributed by atoms with Gasteiger partial charge in [0.05, 0.1) is 28.3 Å². The van der Waals surface area contributed by atoms with E-state index in [0.29, 0.717) is 17.1 Å². The Kier molecular flexibility index (Phi) is 7.11. The van der Waals surface area contributed by atoms with Gasteiger partial charge in [-0.2, -0.15) is 0 Å². The zero-order chi connectivity index (χ0) is 23.5. The molecule has 168 valence electrons. The largest absolute Gasteiger partial charge is 0.497 e. The van der Waals surface area contributed by atoms with Crippen LogP contribution >= 0.6 is 11.6 Å². The highest BCUT2D eigenvalue weighted by molar-refractivity contribution is 7.92. The normalized spacial score (nSPS) is 11.2. The Morgan fingerprint density at radius 2 is 1.78 bits per heavy atom. The lowest BCUT2D eigenvalue weighted by Crippen LogP contribution is -2.27. The number of amides is 1. The summed E-state index contributed by atoms with van der Waals surface area (Å²) < 4.78 is 32.7. The molecule has 0 saturated carbocycles. The molecule has 3 rings (SSSR count). The molecule has 0 aliphatic carbocycles. The number of hydrogen-bond acceptors (Lipinski definition) is 4. The summed E-state index contributed by atoms with van der Waals surface area (Å²) in [5, 5.41) is 3.06. The number of rotatable bonds is 7. The summed E-state index contributed by atoms with van der Waals surface area (Å²) in [6, 6.07) is 16.5. The van der Waals surface area contributed by atoms with Crippen LogP contribution in [0.4, 0.5) is 11.4 Å². The van der Waals surface area contributed by atoms with E-state index in [0.717, 1.165) is 21.9 Å². The minimum Gasteiger partial charge on any atom is -0.497 e. The summed E-state index contributed by atoms with van der Waals surface area (Å²) in [6.45, 7) is 3.90. The van der Waals surface area contributed by atoms with Crippen LogP contribution in [-0.4, -0.2) is 28.5 Å². The number of methoxy groups -OCH3 is 1. The van der Waals surface area contributed by atoms with E-state index in [1.165, 1.54) is 32.4 Å². The van der Waals surface area contributed by atoms with Crippen molar-refractivity contribution in [2.75, 3.05) is 23.8 Å². The third-order valence-electron chi connectivity index (χ3n) is 5.26. The van der Waals surface area contributed by atoms with Crippen molar-refractivity contribution in [2.45, 2.75) is 25.2 Å². The average molecular weight is 473 g/mol. The third kappa shape index (κ3) is 4.74. The van der Waals surface area contributed by atoms with E-state index in [1.54, 1.807) is 24.3 Å². The fourth-order valence-electron chi connectivity index (χ4n) is 3.31. The number of halogens is 1. The van der Waals surface area contributed by atoms with Gasteiger partial charge in [0.2, 0.25) is 0 Å². The average Bonchev–Trinajstić information content (AvgIpc) is 2.79. The van der Waals surface area contributed by atoms with Crippen molar-refractivity contribution in [3.63, 3.8) is 0 Å². The lowest BCUT2D eigenvalue weighted by molar-refractivity contribution is 0.102. The van der Waals surface area contributed by atoms with Gasteiger partial charge in [0, 0.05) is 12.7 Å². The first-order valence-corrected chi connectivity index (χ1v) is 11.8. The molecule has 0 fully saturated rings. The number of aryl methyl sites for hydroxylation is 2. The number of ether oxygens (including phenoxy) is 1. The van der Waals surface area contributed by atoms with Crippen LogP contribution in [-0.2, 0) is 16.4 Å². The van der Waals surface area contributed by atoms with E-state index >= 15 is 0 Å². The predicted molar refractivity (Wildman–Crippen MR) is 129 cm³/mol. The second-order valence-electron chi connectivity index (χ2n) is 7.23. The molecule has 0 aromatic heterocycles. The van der Waals surface area contributed by atoms with Gasteiger partial charge >= 0.3 is 0 Å². The zero-order valence-electron chi connectivity index (χ0n) is 18.3. The molecule has 0 saturated heterocycles. The van der Waals surface area contributed by atoms with Gasteiger partial charge in [0.15, 0.2) is 0 Å². The molecule has 0 aliphatic rings. The molecular formula is C24H25ClN2O4S. The fourth-order valence-corrected chi connectivity index (χ4v) is 4.74. The fraction of sp³-hybridized carbons (Fsp3) is 0.208. The molecule has 3 aromatic rings. The predicted octanol–water partition coefficient (Wildman–Crippen LogP) is 5.30. The van der Waals surface area contributed by atoms with Gasteiger partial charge in [0.1, 0.15) is 5.75 Å². The number of carbonyl (C=O) groups excluding carboxylic acids is 1. The molecule has 1 amide bonds. The van der Waals surface area contributed by atoms with E-state index in [2.05, 4.69) is 5.32 Å². The number of sulfonamides is 1. The SMILES string of the molecule is CCc1cccc(C)c1NC(=O)c1cc(S(=O)(=O)N(C)c2ccc(OC)cc2)ccc1Cl. The number of benzene rings is 3. The van der Waals surface area contributed by atoms with Crippen LogP contribution in [0.5, 0.6) is 5.75 Å². The maximum Gasteiger partial charge on any atom is 0.264 e. The van der Waals surface area contributed by atoms with E-state index < -0.39 is 15.9 Å². The van der Waals surface area contributed by atoms with E-state index in [4.69, 9.17) is 16.3 Å². The van der Waals surface area contributed by atoms with Gasteiger partial charge in [0.25, 0.3) is 15.9 Å². The first-order valence-electron chi connectivity index (χ1n) is 10.0. The van der Waals surface area contributed by atoms with Gasteiger partial charge in [-0.15, -0.1) is 0 Å². The van der Waals surface area contributed by atoms with E-state index in [-0.39, 0.29) is 15.5 Å². The Morgan fingerprint density at radius 1 is 1.09 bits per heavy atom. The van der Waals surface area contributed by atoms with Crippen molar-refractivity contribution in [3.05, 3.63) is 82.4 Å². The second kappa shape index (κ2) is 9.63. The van der Waals surface area contributed by atoms with Crippen molar-refractivity contribution in [2.24, 2.45) is 0 Å². The van der Waals surface area contributed by atoms with Crippen molar-refractivity contribution in [1.82, 2.24) is 0 Å². The standard InChI is InChI=1S/C24H25ClN2O4S/c1-5-17-8-6-7-16(2)23(17)26-24(28)21-15-20(13-14-22(21)25)32(29,30)27(3)18-9-11-19(31-4)12-10-18/h6-15H,5H2,1-4H3,(H,26,28). The molecule has 0 aliphatic heterocycles. The van der Waals surface area contributed by atoms with Gasteiger partial charge in [-0.1, -0.05) is 36.7 Å². The number of carbonyl (C=O) groups is 1. The molecule has 6 nitrogen and oxygen atoms in total. The molecule has 0 unspecified atom stereocenters. The molecule has 0 atom stereocenters. The Bertz CT molecular complexity index is 1240. The quantitative estimate of drug-likeness (QED) is 0.506. The molecule has 3 aromatic carbocycles. The van der Waals surface area contributed by atoms with Crippen LogP contribution in [0.1, 0.15) is 28.4 Å². The van der Waals surface area contributed by atoms with Crippen LogP contribution in [0.25, 0.3) is 0 Å². The summed E-state index contributed by atoms with van der Waals surface area (Å²) in [5.41, 5.74) is 3.15. The Balaban J connectivity index is 1.94. The van der Waals surface area contributed by atoms with Gasteiger partial charge in [-0.25, -0.2) is 8.42 Å². The van der Waals surface area contributed by atoms with E-state index in [9.17, 15) is 13.2 Å². The third-order valence-corrected chi connectivity index (χ3v) is 7.37. The Hall–Kier alpha value is -3.03. The maximum absolute atomic E-state index is 13.2.